The number of hydrogen-bond donors (Lipinski definition) is 1. The number of hydrogen-bond acceptors (Lipinski definition) is 4. The van der Waals surface area contributed by atoms with Crippen LogP contribution < -0.4 is 10.5 Å². The van der Waals surface area contributed by atoms with Crippen LogP contribution in [-0.4, -0.2) is 10.2 Å². The molecule has 21 heavy (non-hydrogen) atoms. The second-order valence-electron chi connectivity index (χ2n) is 4.59. The van der Waals surface area contributed by atoms with Gasteiger partial charge in [-0.15, -0.1) is 10.2 Å². The summed E-state index contributed by atoms with van der Waals surface area (Å²) < 4.78 is 5.59. The molecule has 8 heteroatoms. The Kier molecular flexibility index (Phi) is 5.04. The van der Waals surface area contributed by atoms with Gasteiger partial charge in [-0.25, -0.2) is 0 Å². The second kappa shape index (κ2) is 6.44. The van der Waals surface area contributed by atoms with Gasteiger partial charge in [0.15, 0.2) is 10.9 Å². The number of benzene rings is 1. The number of aromatic nitrogens is 2. The molecule has 0 fully saturated rings. The van der Waals surface area contributed by atoms with Gasteiger partial charge in [0, 0.05) is 11.3 Å². The van der Waals surface area contributed by atoms with Crippen LogP contribution in [0.1, 0.15) is 25.3 Å². The fourth-order valence-electron chi connectivity index (χ4n) is 1.72. The molecule has 0 spiro atoms. The van der Waals surface area contributed by atoms with E-state index in [-0.39, 0.29) is 37.8 Å². The van der Waals surface area contributed by atoms with Crippen LogP contribution in [0.5, 0.6) is 11.6 Å². The average Bonchev–Trinajstić information content (AvgIpc) is 2.35. The summed E-state index contributed by atoms with van der Waals surface area (Å²) in [5.41, 5.74) is 6.71. The predicted octanol–water partition coefficient (Wildman–Crippen LogP) is 5.59. The monoisotopic (exact) mass is 365 g/mol. The highest BCUT2D eigenvalue weighted by Crippen LogP contribution is 2.41. The molecular weight excluding hydrogens is 356 g/mol. The Bertz CT molecular complexity index is 668. The molecule has 0 saturated carbocycles. The summed E-state index contributed by atoms with van der Waals surface area (Å²) in [4.78, 5) is 0. The van der Waals surface area contributed by atoms with Gasteiger partial charge in [-0.05, 0) is 18.1 Å². The minimum absolute atomic E-state index is 0.0558. The van der Waals surface area contributed by atoms with Crippen LogP contribution in [0, 0.1) is 0 Å². The molecule has 0 radical (unpaired) electrons. The second-order valence-corrected chi connectivity index (χ2v) is 6.14. The van der Waals surface area contributed by atoms with Crippen molar-refractivity contribution >= 4 is 52.1 Å². The van der Waals surface area contributed by atoms with Gasteiger partial charge in [0.2, 0.25) is 0 Å². The fraction of sp³-hybridized carbons (Fsp3) is 0.231. The molecule has 0 atom stereocenters. The lowest BCUT2D eigenvalue weighted by Crippen LogP contribution is -2.00. The first-order valence-corrected chi connectivity index (χ1v) is 7.46. The average molecular weight is 367 g/mol. The number of nitrogens with zero attached hydrogens (tertiary/aromatic N) is 2. The minimum Gasteiger partial charge on any atom is -0.433 e. The zero-order chi connectivity index (χ0) is 15.7. The Hall–Kier alpha value is -0.940. The quantitative estimate of drug-likeness (QED) is 0.719. The van der Waals surface area contributed by atoms with Gasteiger partial charge in [0.1, 0.15) is 5.02 Å². The van der Waals surface area contributed by atoms with Crippen molar-refractivity contribution in [1.29, 1.82) is 0 Å². The highest BCUT2D eigenvalue weighted by atomic mass is 35.5. The topological polar surface area (TPSA) is 61.0 Å². The summed E-state index contributed by atoms with van der Waals surface area (Å²) in [6.07, 6.45) is 0. The van der Waals surface area contributed by atoms with Crippen molar-refractivity contribution in [1.82, 2.24) is 10.2 Å². The van der Waals surface area contributed by atoms with E-state index in [1.807, 2.05) is 13.8 Å². The molecule has 2 aromatic rings. The maximum Gasteiger partial charge on any atom is 0.258 e. The molecule has 0 bridgehead atoms. The Morgan fingerprint density at radius 3 is 2.14 bits per heavy atom. The first-order valence-electron chi connectivity index (χ1n) is 5.95. The smallest absolute Gasteiger partial charge is 0.258 e. The highest BCUT2D eigenvalue weighted by Gasteiger charge is 2.20. The highest BCUT2D eigenvalue weighted by molar-refractivity contribution is 6.38. The molecule has 0 unspecified atom stereocenters. The van der Waals surface area contributed by atoms with Crippen LogP contribution in [0.2, 0.25) is 20.2 Å². The van der Waals surface area contributed by atoms with Gasteiger partial charge >= 0.3 is 0 Å². The van der Waals surface area contributed by atoms with E-state index in [1.54, 1.807) is 0 Å². The van der Waals surface area contributed by atoms with Crippen molar-refractivity contribution in [3.8, 4) is 11.6 Å². The van der Waals surface area contributed by atoms with Crippen molar-refractivity contribution in [3.05, 3.63) is 37.9 Å². The van der Waals surface area contributed by atoms with E-state index in [0.29, 0.717) is 11.3 Å². The molecule has 4 nitrogen and oxygen atoms in total. The van der Waals surface area contributed by atoms with E-state index >= 15 is 0 Å². The lowest BCUT2D eigenvalue weighted by molar-refractivity contribution is 0.454. The molecule has 0 saturated heterocycles. The zero-order valence-corrected chi connectivity index (χ0v) is 14.1. The molecule has 112 valence electrons. The Labute approximate surface area is 142 Å². The Balaban J connectivity index is 2.48. The first kappa shape index (κ1) is 16.4. The van der Waals surface area contributed by atoms with Crippen LogP contribution >= 0.6 is 46.4 Å². The van der Waals surface area contributed by atoms with Gasteiger partial charge < -0.3 is 10.5 Å². The van der Waals surface area contributed by atoms with Crippen LogP contribution in [0.15, 0.2) is 12.1 Å². The SMILES string of the molecule is CC(C)c1c(Cl)nnc(Oc2c(Cl)cc(N)cc2Cl)c1Cl. The molecule has 1 heterocycles. The summed E-state index contributed by atoms with van der Waals surface area (Å²) in [5, 5.41) is 8.67. The van der Waals surface area contributed by atoms with E-state index in [4.69, 9.17) is 56.9 Å². The van der Waals surface area contributed by atoms with Crippen molar-refractivity contribution in [2.45, 2.75) is 19.8 Å². The van der Waals surface area contributed by atoms with Gasteiger partial charge in [0.25, 0.3) is 5.88 Å². The van der Waals surface area contributed by atoms with Crippen LogP contribution in [0.4, 0.5) is 5.69 Å². The summed E-state index contributed by atoms with van der Waals surface area (Å²) in [7, 11) is 0. The van der Waals surface area contributed by atoms with Crippen LogP contribution in [-0.2, 0) is 0 Å². The number of halogens is 4. The zero-order valence-electron chi connectivity index (χ0n) is 11.1. The molecule has 1 aromatic carbocycles. The molecule has 0 aliphatic heterocycles. The van der Waals surface area contributed by atoms with Crippen LogP contribution in [0.3, 0.4) is 0 Å². The lowest BCUT2D eigenvalue weighted by atomic mass is 10.1. The van der Waals surface area contributed by atoms with Crippen LogP contribution in [0.25, 0.3) is 0 Å². The molecule has 1 aromatic heterocycles. The number of nitrogen functional groups attached to an aromatic ring is 1. The summed E-state index contributed by atoms with van der Waals surface area (Å²) in [6.45, 7) is 3.86. The van der Waals surface area contributed by atoms with E-state index < -0.39 is 0 Å². The third kappa shape index (κ3) is 3.46. The third-order valence-electron chi connectivity index (χ3n) is 2.67. The fourth-order valence-corrected chi connectivity index (χ4v) is 3.09. The van der Waals surface area contributed by atoms with Crippen molar-refractivity contribution in [2.24, 2.45) is 0 Å². The maximum atomic E-state index is 6.27. The van der Waals surface area contributed by atoms with Gasteiger partial charge in [0.05, 0.1) is 10.0 Å². The third-order valence-corrected chi connectivity index (χ3v) is 3.88. The number of rotatable bonds is 3. The number of anilines is 1. The molecule has 0 aliphatic carbocycles. The van der Waals surface area contributed by atoms with Gasteiger partial charge in [-0.2, -0.15) is 0 Å². The largest absolute Gasteiger partial charge is 0.433 e. The summed E-state index contributed by atoms with van der Waals surface area (Å²) in [6, 6.07) is 3.03. The molecular formula is C13H11Cl4N3O. The lowest BCUT2D eigenvalue weighted by Gasteiger charge is -2.14. The normalized spacial score (nSPS) is 11.0. The van der Waals surface area contributed by atoms with E-state index in [0.717, 1.165) is 0 Å². The molecule has 0 aliphatic rings. The Morgan fingerprint density at radius 2 is 1.62 bits per heavy atom. The number of ether oxygens (including phenoxy) is 1. The van der Waals surface area contributed by atoms with Crippen molar-refractivity contribution < 1.29 is 4.74 Å². The van der Waals surface area contributed by atoms with Gasteiger partial charge in [-0.1, -0.05) is 60.3 Å². The Morgan fingerprint density at radius 1 is 1.05 bits per heavy atom. The van der Waals surface area contributed by atoms with Crippen molar-refractivity contribution in [3.63, 3.8) is 0 Å². The summed E-state index contributed by atoms with van der Waals surface area (Å²) >= 11 is 24.4. The standard InChI is InChI=1S/C13H11Cl4N3O/c1-5(2)9-10(16)13(20-19-12(9)17)21-11-7(14)3-6(18)4-8(11)15/h3-5H,18H2,1-2H3. The predicted molar refractivity (Wildman–Crippen MR) is 87.1 cm³/mol. The molecule has 0 amide bonds. The minimum atomic E-state index is 0.0558. The maximum absolute atomic E-state index is 6.27. The summed E-state index contributed by atoms with van der Waals surface area (Å²) in [5.74, 6) is 0.347. The molecule has 2 N–H and O–H groups in total. The van der Waals surface area contributed by atoms with Gasteiger partial charge in [-0.3, -0.25) is 0 Å². The first-order chi connectivity index (χ1) is 9.81. The van der Waals surface area contributed by atoms with Crippen molar-refractivity contribution in [2.75, 3.05) is 5.73 Å². The number of nitrogens with two attached hydrogens (primary N) is 1. The van der Waals surface area contributed by atoms with E-state index in [2.05, 4.69) is 10.2 Å². The van der Waals surface area contributed by atoms with E-state index in [9.17, 15) is 0 Å². The molecule has 2 rings (SSSR count). The van der Waals surface area contributed by atoms with E-state index in [1.165, 1.54) is 12.1 Å².